The molecular weight excluding hydrogens is 422 g/mol. The number of hydrogen-bond acceptors (Lipinski definition) is 6. The van der Waals surface area contributed by atoms with E-state index in [1.807, 2.05) is 50.2 Å². The number of aryl methyl sites for hydroxylation is 2. The summed E-state index contributed by atoms with van der Waals surface area (Å²) in [6.45, 7) is 8.14. The zero-order valence-electron chi connectivity index (χ0n) is 18.4. The van der Waals surface area contributed by atoms with Crippen LogP contribution in [0.2, 0.25) is 0 Å². The van der Waals surface area contributed by atoms with Crippen molar-refractivity contribution in [3.8, 4) is 0 Å². The molecule has 1 aliphatic heterocycles. The van der Waals surface area contributed by atoms with Crippen molar-refractivity contribution in [3.05, 3.63) is 85.7 Å². The quantitative estimate of drug-likeness (QED) is 0.421. The molecule has 1 amide bonds. The fourth-order valence-electron chi connectivity index (χ4n) is 4.20. The predicted octanol–water partition coefficient (Wildman–Crippen LogP) is 5.39. The fraction of sp³-hybridized carbons (Fsp3) is 0.280. The number of fused-ring (bicyclic) bond motifs is 2. The van der Waals surface area contributed by atoms with Gasteiger partial charge in [0.15, 0.2) is 5.43 Å². The van der Waals surface area contributed by atoms with Crippen LogP contribution in [0.3, 0.4) is 0 Å². The molecule has 3 heterocycles. The zero-order chi connectivity index (χ0) is 22.6. The summed E-state index contributed by atoms with van der Waals surface area (Å²) in [7, 11) is 0. The third-order valence-corrected chi connectivity index (χ3v) is 6.82. The molecule has 6 nitrogen and oxygen atoms in total. The molecule has 0 bridgehead atoms. The monoisotopic (exact) mass is 445 g/mol. The molecule has 0 radical (unpaired) electrons. The lowest BCUT2D eigenvalue weighted by Crippen LogP contribution is -2.29. The molecule has 0 saturated heterocycles. The Labute approximate surface area is 189 Å². The smallest absolute Gasteiger partial charge is 0.297 e. The van der Waals surface area contributed by atoms with Crippen molar-refractivity contribution in [1.29, 1.82) is 0 Å². The Bertz CT molecular complexity index is 1400. The maximum absolute atomic E-state index is 13.7. The first kappa shape index (κ1) is 20.6. The van der Waals surface area contributed by atoms with Gasteiger partial charge in [0.2, 0.25) is 10.9 Å². The van der Waals surface area contributed by atoms with Gasteiger partial charge in [-0.25, -0.2) is 0 Å². The SMILES string of the molecule is CCc1ccc2oc3c(c(=O)c2c1)C(c1ccc(C(C)C)cc1)N(c1nnc(C)s1)C3=O. The van der Waals surface area contributed by atoms with Gasteiger partial charge >= 0.3 is 0 Å². The van der Waals surface area contributed by atoms with Crippen LogP contribution in [0, 0.1) is 6.92 Å². The van der Waals surface area contributed by atoms with Gasteiger partial charge in [0.1, 0.15) is 10.6 Å². The zero-order valence-corrected chi connectivity index (χ0v) is 19.2. The second-order valence-electron chi connectivity index (χ2n) is 8.36. The third-order valence-electron chi connectivity index (χ3n) is 5.98. The first-order chi connectivity index (χ1) is 15.4. The largest absolute Gasteiger partial charge is 0.450 e. The number of carbonyl (C=O) groups excluding carboxylic acids is 1. The van der Waals surface area contributed by atoms with Gasteiger partial charge in [-0.3, -0.25) is 14.5 Å². The highest BCUT2D eigenvalue weighted by Gasteiger charge is 2.45. The summed E-state index contributed by atoms with van der Waals surface area (Å²) >= 11 is 1.32. The number of anilines is 1. The summed E-state index contributed by atoms with van der Waals surface area (Å²) in [5.41, 5.74) is 3.68. The summed E-state index contributed by atoms with van der Waals surface area (Å²) in [5.74, 6) is 0.0927. The molecule has 1 aliphatic rings. The minimum absolute atomic E-state index is 0.0811. The van der Waals surface area contributed by atoms with Gasteiger partial charge in [0.05, 0.1) is 17.0 Å². The Morgan fingerprint density at radius 1 is 1.09 bits per heavy atom. The van der Waals surface area contributed by atoms with E-state index in [0.717, 1.165) is 22.6 Å². The summed E-state index contributed by atoms with van der Waals surface area (Å²) in [6.07, 6.45) is 0.807. The number of carbonyl (C=O) groups is 1. The number of amides is 1. The van der Waals surface area contributed by atoms with E-state index in [1.54, 1.807) is 11.0 Å². The van der Waals surface area contributed by atoms with E-state index in [-0.39, 0.29) is 17.1 Å². The van der Waals surface area contributed by atoms with Crippen molar-refractivity contribution in [2.45, 2.75) is 46.1 Å². The number of nitrogens with zero attached hydrogens (tertiary/aromatic N) is 3. The minimum Gasteiger partial charge on any atom is -0.450 e. The molecule has 32 heavy (non-hydrogen) atoms. The Balaban J connectivity index is 1.77. The van der Waals surface area contributed by atoms with Crippen molar-refractivity contribution in [1.82, 2.24) is 10.2 Å². The number of hydrogen-bond donors (Lipinski definition) is 0. The third kappa shape index (κ3) is 3.15. The predicted molar refractivity (Wildman–Crippen MR) is 126 cm³/mol. The number of rotatable bonds is 4. The summed E-state index contributed by atoms with van der Waals surface area (Å²) in [4.78, 5) is 28.8. The normalized spacial score (nSPS) is 15.7. The molecule has 2 aromatic carbocycles. The molecule has 4 aromatic rings. The second kappa shape index (κ2) is 7.67. The van der Waals surface area contributed by atoms with Crippen LogP contribution in [0.5, 0.6) is 0 Å². The highest BCUT2D eigenvalue weighted by atomic mass is 32.1. The maximum atomic E-state index is 13.7. The molecule has 0 fully saturated rings. The molecule has 0 spiro atoms. The van der Waals surface area contributed by atoms with Crippen molar-refractivity contribution in [2.75, 3.05) is 4.90 Å². The van der Waals surface area contributed by atoms with Crippen molar-refractivity contribution >= 4 is 33.3 Å². The van der Waals surface area contributed by atoms with Crippen LogP contribution in [0.15, 0.2) is 51.7 Å². The average molecular weight is 446 g/mol. The molecular formula is C25H23N3O3S. The van der Waals surface area contributed by atoms with E-state index in [9.17, 15) is 9.59 Å². The molecule has 1 unspecified atom stereocenters. The fourth-order valence-corrected chi connectivity index (χ4v) is 4.91. The van der Waals surface area contributed by atoms with Gasteiger partial charge in [-0.15, -0.1) is 10.2 Å². The van der Waals surface area contributed by atoms with Crippen LogP contribution in [0.25, 0.3) is 11.0 Å². The van der Waals surface area contributed by atoms with Crippen LogP contribution in [0.1, 0.15) is 70.5 Å². The summed E-state index contributed by atoms with van der Waals surface area (Å²) in [5, 5.41) is 9.99. The maximum Gasteiger partial charge on any atom is 0.297 e. The van der Waals surface area contributed by atoms with Gasteiger partial charge < -0.3 is 4.42 Å². The Kier molecular flexibility index (Phi) is 4.93. The molecule has 5 rings (SSSR count). The van der Waals surface area contributed by atoms with E-state index >= 15 is 0 Å². The molecule has 7 heteroatoms. The van der Waals surface area contributed by atoms with Gasteiger partial charge in [-0.05, 0) is 48.1 Å². The van der Waals surface area contributed by atoms with E-state index in [1.165, 1.54) is 16.9 Å². The highest BCUT2D eigenvalue weighted by Crippen LogP contribution is 2.42. The summed E-state index contributed by atoms with van der Waals surface area (Å²) < 4.78 is 6.03. The lowest BCUT2D eigenvalue weighted by atomic mass is 9.95. The van der Waals surface area contributed by atoms with Gasteiger partial charge in [-0.1, -0.05) is 62.4 Å². The molecule has 1 atom stereocenters. The molecule has 2 aromatic heterocycles. The molecule has 0 N–H and O–H groups in total. The van der Waals surface area contributed by atoms with Gasteiger partial charge in [-0.2, -0.15) is 0 Å². The van der Waals surface area contributed by atoms with Crippen LogP contribution in [0.4, 0.5) is 5.13 Å². The minimum atomic E-state index is -0.614. The lowest BCUT2D eigenvalue weighted by molar-refractivity contribution is 0.0970. The Morgan fingerprint density at radius 3 is 2.47 bits per heavy atom. The van der Waals surface area contributed by atoms with Crippen LogP contribution in [-0.2, 0) is 6.42 Å². The van der Waals surface area contributed by atoms with E-state index in [0.29, 0.717) is 27.6 Å². The van der Waals surface area contributed by atoms with E-state index in [2.05, 4.69) is 24.0 Å². The van der Waals surface area contributed by atoms with Crippen LogP contribution < -0.4 is 10.3 Å². The number of aromatic nitrogens is 2. The van der Waals surface area contributed by atoms with Crippen molar-refractivity contribution < 1.29 is 9.21 Å². The first-order valence-corrected chi connectivity index (χ1v) is 11.5. The van der Waals surface area contributed by atoms with Crippen LogP contribution >= 0.6 is 11.3 Å². The Morgan fingerprint density at radius 2 is 1.84 bits per heavy atom. The van der Waals surface area contributed by atoms with Crippen LogP contribution in [-0.4, -0.2) is 16.1 Å². The van der Waals surface area contributed by atoms with E-state index < -0.39 is 6.04 Å². The van der Waals surface area contributed by atoms with E-state index in [4.69, 9.17) is 4.42 Å². The molecule has 0 aliphatic carbocycles. The topological polar surface area (TPSA) is 76.3 Å². The number of benzene rings is 2. The Hall–Kier alpha value is -3.32. The molecule has 162 valence electrons. The van der Waals surface area contributed by atoms with Gasteiger partial charge in [0.25, 0.3) is 5.91 Å². The van der Waals surface area contributed by atoms with Crippen molar-refractivity contribution in [3.63, 3.8) is 0 Å². The highest BCUT2D eigenvalue weighted by molar-refractivity contribution is 7.15. The average Bonchev–Trinajstić information content (AvgIpc) is 3.34. The second-order valence-corrected chi connectivity index (χ2v) is 9.52. The first-order valence-electron chi connectivity index (χ1n) is 10.7. The molecule has 0 saturated carbocycles. The van der Waals surface area contributed by atoms with Gasteiger partial charge in [0, 0.05) is 0 Å². The summed E-state index contributed by atoms with van der Waals surface area (Å²) in [6, 6.07) is 13.0. The van der Waals surface area contributed by atoms with Crippen molar-refractivity contribution in [2.24, 2.45) is 0 Å². The standard InChI is InChI=1S/C25H23N3O3S/c1-5-15-6-11-19-18(12-15)22(29)20-21(17-9-7-16(8-10-17)13(2)3)28(24(30)23(20)31-19)25-27-26-14(4)32-25/h6-13,21H,5H2,1-4H3. The lowest BCUT2D eigenvalue weighted by Gasteiger charge is -2.22.